The van der Waals surface area contributed by atoms with E-state index < -0.39 is 5.97 Å². The number of amides is 2. The first kappa shape index (κ1) is 29.4. The van der Waals surface area contributed by atoms with Crippen LogP contribution in [0.3, 0.4) is 0 Å². The highest BCUT2D eigenvalue weighted by atomic mass is 32.1. The van der Waals surface area contributed by atoms with Crippen LogP contribution in [0, 0.1) is 0 Å². The van der Waals surface area contributed by atoms with Gasteiger partial charge >= 0.3 is 5.97 Å². The maximum absolute atomic E-state index is 14.0. The number of para-hydroxylation sites is 1. The second-order valence-electron chi connectivity index (χ2n) is 9.19. The zero-order valence-corrected chi connectivity index (χ0v) is 23.8. The lowest BCUT2D eigenvalue weighted by atomic mass is 9.94. The predicted octanol–water partition coefficient (Wildman–Crippen LogP) is 5.52. The van der Waals surface area contributed by atoms with Crippen LogP contribution in [-0.4, -0.2) is 55.1 Å². The molecule has 0 fully saturated rings. The lowest BCUT2D eigenvalue weighted by Gasteiger charge is -2.24. The quantitative estimate of drug-likeness (QED) is 0.219. The van der Waals surface area contributed by atoms with Crippen LogP contribution in [0.25, 0.3) is 11.1 Å². The number of hydrogen-bond acceptors (Lipinski definition) is 6. The van der Waals surface area contributed by atoms with E-state index in [1.807, 2.05) is 47.8 Å². The van der Waals surface area contributed by atoms with Crippen LogP contribution >= 0.6 is 11.3 Å². The molecule has 0 unspecified atom stereocenters. The molecule has 2 amide bonds. The number of carboxylic acid groups (broad SMARTS) is 1. The number of benzene rings is 3. The maximum atomic E-state index is 14.0. The van der Waals surface area contributed by atoms with E-state index in [0.29, 0.717) is 46.7 Å². The van der Waals surface area contributed by atoms with Gasteiger partial charge in [-0.05, 0) is 52.8 Å². The monoisotopic (exact) mass is 572 g/mol. The fourth-order valence-electron chi connectivity index (χ4n) is 4.62. The van der Waals surface area contributed by atoms with Crippen molar-refractivity contribution in [2.24, 2.45) is 0 Å². The molecular formula is C32H32N2O6S. The van der Waals surface area contributed by atoms with Crippen molar-refractivity contribution in [2.45, 2.75) is 19.4 Å². The molecule has 1 aromatic heterocycles. The molecule has 0 aliphatic rings. The number of rotatable bonds is 13. The first-order chi connectivity index (χ1) is 19.9. The van der Waals surface area contributed by atoms with E-state index in [1.165, 1.54) is 4.90 Å². The van der Waals surface area contributed by atoms with Crippen LogP contribution in [0.1, 0.15) is 37.6 Å². The van der Waals surface area contributed by atoms with Crippen molar-refractivity contribution in [3.8, 4) is 22.6 Å². The smallest absolute Gasteiger partial charge is 0.305 e. The summed E-state index contributed by atoms with van der Waals surface area (Å²) in [6.07, 6.45) is 0.223. The normalized spacial score (nSPS) is 10.6. The molecular weight excluding hydrogens is 540 g/mol. The first-order valence-corrected chi connectivity index (χ1v) is 14.0. The van der Waals surface area contributed by atoms with E-state index in [-0.39, 0.29) is 31.3 Å². The lowest BCUT2D eigenvalue weighted by molar-refractivity contribution is -0.137. The third kappa shape index (κ3) is 7.32. The average molecular weight is 573 g/mol. The molecule has 41 heavy (non-hydrogen) atoms. The summed E-state index contributed by atoms with van der Waals surface area (Å²) in [6.45, 7) is 0.687. The molecule has 8 nitrogen and oxygen atoms in total. The summed E-state index contributed by atoms with van der Waals surface area (Å²) < 4.78 is 10.9. The lowest BCUT2D eigenvalue weighted by Crippen LogP contribution is -2.35. The molecule has 0 spiro atoms. The first-order valence-electron chi connectivity index (χ1n) is 13.1. The van der Waals surface area contributed by atoms with Gasteiger partial charge in [-0.2, -0.15) is 0 Å². The van der Waals surface area contributed by atoms with Crippen molar-refractivity contribution in [3.63, 3.8) is 0 Å². The number of aliphatic carboxylic acids is 1. The number of carboxylic acids is 1. The van der Waals surface area contributed by atoms with Gasteiger partial charge in [-0.15, -0.1) is 11.3 Å². The number of thiophene rings is 1. The third-order valence-corrected chi connectivity index (χ3v) is 7.52. The van der Waals surface area contributed by atoms with Gasteiger partial charge in [0.15, 0.2) is 11.5 Å². The number of nitrogens with one attached hydrogen (secondary N) is 1. The summed E-state index contributed by atoms with van der Waals surface area (Å²) in [5, 5.41) is 14.3. The van der Waals surface area contributed by atoms with Gasteiger partial charge in [0, 0.05) is 29.1 Å². The maximum Gasteiger partial charge on any atom is 0.305 e. The fourth-order valence-corrected chi connectivity index (χ4v) is 5.26. The zero-order valence-electron chi connectivity index (χ0n) is 23.0. The van der Waals surface area contributed by atoms with Gasteiger partial charge in [-0.25, -0.2) is 0 Å². The Morgan fingerprint density at radius 2 is 1.54 bits per heavy atom. The van der Waals surface area contributed by atoms with Crippen molar-refractivity contribution in [1.29, 1.82) is 0 Å². The summed E-state index contributed by atoms with van der Waals surface area (Å²) in [6, 6.07) is 23.7. The van der Waals surface area contributed by atoms with Gasteiger partial charge in [0.25, 0.3) is 11.8 Å². The Bertz CT molecular complexity index is 1500. The molecule has 0 radical (unpaired) electrons. The molecule has 212 valence electrons. The van der Waals surface area contributed by atoms with Crippen LogP contribution in [0.2, 0.25) is 0 Å². The number of carbonyl (C=O) groups excluding carboxylic acids is 2. The molecule has 0 saturated heterocycles. The fraction of sp³-hybridized carbons (Fsp3) is 0.219. The summed E-state index contributed by atoms with van der Waals surface area (Å²) in [5.41, 5.74) is 2.88. The Morgan fingerprint density at radius 1 is 0.829 bits per heavy atom. The molecule has 9 heteroatoms. The molecule has 0 aliphatic heterocycles. The summed E-state index contributed by atoms with van der Waals surface area (Å²) in [7, 11) is 3.11. The van der Waals surface area contributed by atoms with Crippen LogP contribution in [0.15, 0.2) is 84.2 Å². The van der Waals surface area contributed by atoms with Gasteiger partial charge in [0.2, 0.25) is 0 Å². The third-order valence-electron chi connectivity index (χ3n) is 6.64. The molecule has 4 aromatic rings. The average Bonchev–Trinajstić information content (AvgIpc) is 3.53. The van der Waals surface area contributed by atoms with Crippen molar-refractivity contribution < 1.29 is 29.0 Å². The molecule has 0 saturated carbocycles. The Hall–Kier alpha value is -4.63. The molecule has 2 N–H and O–H groups in total. The number of methoxy groups -OCH3 is 2. The molecule has 0 bridgehead atoms. The second kappa shape index (κ2) is 14.1. The summed E-state index contributed by atoms with van der Waals surface area (Å²) in [5.74, 6) is -0.416. The minimum Gasteiger partial charge on any atom is -0.493 e. The van der Waals surface area contributed by atoms with Crippen LogP contribution < -0.4 is 14.8 Å². The Labute approximate surface area is 243 Å². The van der Waals surface area contributed by atoms with Crippen LogP contribution in [0.4, 0.5) is 0 Å². The molecule has 3 aromatic carbocycles. The Morgan fingerprint density at radius 3 is 2.20 bits per heavy atom. The van der Waals surface area contributed by atoms with E-state index in [4.69, 9.17) is 9.47 Å². The number of ether oxygens (including phenoxy) is 2. The molecule has 1 heterocycles. The largest absolute Gasteiger partial charge is 0.493 e. The predicted molar refractivity (Wildman–Crippen MR) is 159 cm³/mol. The van der Waals surface area contributed by atoms with Crippen LogP contribution in [-0.2, 0) is 17.8 Å². The van der Waals surface area contributed by atoms with Gasteiger partial charge < -0.3 is 24.8 Å². The van der Waals surface area contributed by atoms with Gasteiger partial charge in [0.05, 0.1) is 27.2 Å². The van der Waals surface area contributed by atoms with Crippen molar-refractivity contribution >= 4 is 29.1 Å². The topological polar surface area (TPSA) is 105 Å². The van der Waals surface area contributed by atoms with Gasteiger partial charge in [0.1, 0.15) is 0 Å². The summed E-state index contributed by atoms with van der Waals surface area (Å²) in [4.78, 5) is 41.2. The second-order valence-corrected chi connectivity index (χ2v) is 10.2. The van der Waals surface area contributed by atoms with E-state index in [9.17, 15) is 19.5 Å². The standard InChI is InChI=1S/C32H32N2O6S/c1-39-28-15-7-9-22(30(28)40-2)16-18-34(19-17-29(35)36)32(38)27-14-6-4-12-25(27)24-11-3-5-13-26(24)31(37)33-21-23-10-8-20-41-23/h3-15,20H,16-19,21H2,1-2H3,(H,33,37)(H,35,36). The minimum atomic E-state index is -0.997. The van der Waals surface area contributed by atoms with Crippen molar-refractivity contribution in [3.05, 3.63) is 106 Å². The Balaban J connectivity index is 1.63. The van der Waals surface area contributed by atoms with E-state index in [1.54, 1.807) is 62.0 Å². The molecule has 4 rings (SSSR count). The van der Waals surface area contributed by atoms with Crippen molar-refractivity contribution in [1.82, 2.24) is 10.2 Å². The highest BCUT2D eigenvalue weighted by Gasteiger charge is 2.23. The molecule has 0 aliphatic carbocycles. The van der Waals surface area contributed by atoms with Gasteiger partial charge in [-0.3, -0.25) is 14.4 Å². The zero-order chi connectivity index (χ0) is 29.2. The number of hydrogen-bond donors (Lipinski definition) is 2. The van der Waals surface area contributed by atoms with E-state index >= 15 is 0 Å². The minimum absolute atomic E-state index is 0.0255. The van der Waals surface area contributed by atoms with Crippen molar-refractivity contribution in [2.75, 3.05) is 27.3 Å². The highest BCUT2D eigenvalue weighted by Crippen LogP contribution is 2.32. The van der Waals surface area contributed by atoms with E-state index in [0.717, 1.165) is 10.4 Å². The number of nitrogens with zero attached hydrogens (tertiary/aromatic N) is 1. The Kier molecular flexibility index (Phi) is 10.1. The molecule has 0 atom stereocenters. The summed E-state index contributed by atoms with van der Waals surface area (Å²) >= 11 is 1.56. The van der Waals surface area contributed by atoms with Crippen LogP contribution in [0.5, 0.6) is 11.5 Å². The highest BCUT2D eigenvalue weighted by molar-refractivity contribution is 7.09. The van der Waals surface area contributed by atoms with E-state index in [2.05, 4.69) is 5.32 Å². The van der Waals surface area contributed by atoms with Gasteiger partial charge in [-0.1, -0.05) is 54.6 Å². The number of carbonyl (C=O) groups is 3. The SMILES string of the molecule is COc1cccc(CCN(CCC(=O)O)C(=O)c2ccccc2-c2ccccc2C(=O)NCc2cccs2)c1OC.